The van der Waals surface area contributed by atoms with E-state index in [9.17, 15) is 9.18 Å². The average molecular weight is 263 g/mol. The molecule has 0 aliphatic heterocycles. The van der Waals surface area contributed by atoms with Crippen molar-refractivity contribution in [3.8, 4) is 0 Å². The SMILES string of the molecule is Cc1ccc(F)c(NC(=O)c2cc(C)sc2C)c1. The molecule has 0 spiro atoms. The molecule has 0 aliphatic carbocycles. The molecule has 0 radical (unpaired) electrons. The number of amides is 1. The molecule has 1 N–H and O–H groups in total. The fourth-order valence-corrected chi connectivity index (χ4v) is 2.70. The van der Waals surface area contributed by atoms with Gasteiger partial charge in [0, 0.05) is 9.75 Å². The molecule has 0 unspecified atom stereocenters. The number of anilines is 1. The summed E-state index contributed by atoms with van der Waals surface area (Å²) in [4.78, 5) is 14.1. The highest BCUT2D eigenvalue weighted by atomic mass is 32.1. The molecule has 0 bridgehead atoms. The minimum Gasteiger partial charge on any atom is -0.319 e. The van der Waals surface area contributed by atoms with Crippen LogP contribution in [0.2, 0.25) is 0 Å². The molecule has 2 aromatic rings. The molecular formula is C14H14FNOS. The van der Waals surface area contributed by atoms with E-state index in [0.29, 0.717) is 5.56 Å². The number of carbonyl (C=O) groups excluding carboxylic acids is 1. The van der Waals surface area contributed by atoms with Crippen LogP contribution in [0.15, 0.2) is 24.3 Å². The first-order valence-electron chi connectivity index (χ1n) is 5.62. The second-order valence-electron chi connectivity index (χ2n) is 4.26. The first-order chi connectivity index (χ1) is 8.47. The van der Waals surface area contributed by atoms with Crippen molar-refractivity contribution in [3.63, 3.8) is 0 Å². The highest BCUT2D eigenvalue weighted by Crippen LogP contribution is 2.23. The fourth-order valence-electron chi connectivity index (χ4n) is 1.78. The summed E-state index contributed by atoms with van der Waals surface area (Å²) in [5.74, 6) is -0.681. The fraction of sp³-hybridized carbons (Fsp3) is 0.214. The zero-order chi connectivity index (χ0) is 13.3. The van der Waals surface area contributed by atoms with E-state index in [1.165, 1.54) is 6.07 Å². The number of thiophene rings is 1. The highest BCUT2D eigenvalue weighted by molar-refractivity contribution is 7.12. The van der Waals surface area contributed by atoms with Crippen molar-refractivity contribution >= 4 is 22.9 Å². The van der Waals surface area contributed by atoms with Gasteiger partial charge in [-0.15, -0.1) is 11.3 Å². The van der Waals surface area contributed by atoms with Crippen LogP contribution in [0.3, 0.4) is 0 Å². The van der Waals surface area contributed by atoms with E-state index in [1.807, 2.05) is 26.8 Å². The molecule has 0 saturated heterocycles. The number of halogens is 1. The van der Waals surface area contributed by atoms with Crippen molar-refractivity contribution in [2.45, 2.75) is 20.8 Å². The number of rotatable bonds is 2. The number of benzene rings is 1. The molecule has 0 aliphatic rings. The number of aryl methyl sites for hydroxylation is 3. The minimum atomic E-state index is -0.418. The number of hydrogen-bond acceptors (Lipinski definition) is 2. The molecule has 1 aromatic heterocycles. The smallest absolute Gasteiger partial charge is 0.256 e. The summed E-state index contributed by atoms with van der Waals surface area (Å²) < 4.78 is 13.5. The van der Waals surface area contributed by atoms with Gasteiger partial charge >= 0.3 is 0 Å². The summed E-state index contributed by atoms with van der Waals surface area (Å²) in [6, 6.07) is 6.48. The second-order valence-corrected chi connectivity index (χ2v) is 5.72. The second kappa shape index (κ2) is 4.90. The predicted octanol–water partition coefficient (Wildman–Crippen LogP) is 4.06. The Morgan fingerprint density at radius 3 is 2.56 bits per heavy atom. The Labute approximate surface area is 109 Å². The molecule has 1 aromatic carbocycles. The Hall–Kier alpha value is -1.68. The van der Waals surface area contributed by atoms with Gasteiger partial charge in [0.05, 0.1) is 11.3 Å². The Morgan fingerprint density at radius 1 is 1.22 bits per heavy atom. The third-order valence-corrected chi connectivity index (χ3v) is 3.62. The van der Waals surface area contributed by atoms with Gasteiger partial charge in [-0.3, -0.25) is 4.79 Å². The van der Waals surface area contributed by atoms with Crippen LogP contribution in [0.4, 0.5) is 10.1 Å². The zero-order valence-corrected chi connectivity index (χ0v) is 11.3. The lowest BCUT2D eigenvalue weighted by molar-refractivity contribution is 0.102. The molecule has 0 fully saturated rings. The van der Waals surface area contributed by atoms with Gasteiger partial charge < -0.3 is 5.32 Å². The first kappa shape index (κ1) is 12.8. The lowest BCUT2D eigenvalue weighted by Gasteiger charge is -2.07. The van der Waals surface area contributed by atoms with Crippen LogP contribution in [-0.2, 0) is 0 Å². The first-order valence-corrected chi connectivity index (χ1v) is 6.43. The molecule has 0 atom stereocenters. The monoisotopic (exact) mass is 263 g/mol. The molecular weight excluding hydrogens is 249 g/mol. The maximum Gasteiger partial charge on any atom is 0.256 e. The lowest BCUT2D eigenvalue weighted by Crippen LogP contribution is -2.13. The standard InChI is InChI=1S/C14H14FNOS/c1-8-4-5-12(15)13(6-8)16-14(17)11-7-9(2)18-10(11)3/h4-7H,1-3H3,(H,16,17). The molecule has 0 saturated carbocycles. The quantitative estimate of drug-likeness (QED) is 0.869. The van der Waals surface area contributed by atoms with E-state index in [-0.39, 0.29) is 11.6 Å². The summed E-state index contributed by atoms with van der Waals surface area (Å²) in [5.41, 5.74) is 1.74. The number of hydrogen-bond donors (Lipinski definition) is 1. The molecule has 1 heterocycles. The maximum atomic E-state index is 13.5. The van der Waals surface area contributed by atoms with E-state index in [1.54, 1.807) is 23.5 Å². The van der Waals surface area contributed by atoms with Crippen LogP contribution in [0.5, 0.6) is 0 Å². The van der Waals surface area contributed by atoms with Gasteiger partial charge in [-0.1, -0.05) is 6.07 Å². The Bertz CT molecular complexity index is 604. The van der Waals surface area contributed by atoms with Gasteiger partial charge in [-0.05, 0) is 44.5 Å². The van der Waals surface area contributed by atoms with Gasteiger partial charge in [-0.2, -0.15) is 0 Å². The Balaban J connectivity index is 2.26. The predicted molar refractivity (Wildman–Crippen MR) is 72.9 cm³/mol. The number of carbonyl (C=O) groups is 1. The van der Waals surface area contributed by atoms with Crippen LogP contribution in [0, 0.1) is 26.6 Å². The average Bonchev–Trinajstić information content (AvgIpc) is 2.63. The highest BCUT2D eigenvalue weighted by Gasteiger charge is 2.13. The van der Waals surface area contributed by atoms with Crippen LogP contribution >= 0.6 is 11.3 Å². The van der Waals surface area contributed by atoms with Gasteiger partial charge in [0.15, 0.2) is 0 Å². The van der Waals surface area contributed by atoms with Gasteiger partial charge in [0.25, 0.3) is 5.91 Å². The van der Waals surface area contributed by atoms with Crippen LogP contribution in [-0.4, -0.2) is 5.91 Å². The van der Waals surface area contributed by atoms with Crippen molar-refractivity contribution in [2.75, 3.05) is 5.32 Å². The zero-order valence-electron chi connectivity index (χ0n) is 10.5. The summed E-state index contributed by atoms with van der Waals surface area (Å²) in [6.45, 7) is 5.69. The van der Waals surface area contributed by atoms with Crippen molar-refractivity contribution in [2.24, 2.45) is 0 Å². The third kappa shape index (κ3) is 2.59. The van der Waals surface area contributed by atoms with Gasteiger partial charge in [-0.25, -0.2) is 4.39 Å². The van der Waals surface area contributed by atoms with Crippen LogP contribution in [0.25, 0.3) is 0 Å². The van der Waals surface area contributed by atoms with E-state index >= 15 is 0 Å². The van der Waals surface area contributed by atoms with Crippen LogP contribution in [0.1, 0.15) is 25.7 Å². The topological polar surface area (TPSA) is 29.1 Å². The lowest BCUT2D eigenvalue weighted by atomic mass is 10.2. The van der Waals surface area contributed by atoms with Crippen molar-refractivity contribution < 1.29 is 9.18 Å². The molecule has 94 valence electrons. The van der Waals surface area contributed by atoms with E-state index in [2.05, 4.69) is 5.32 Å². The van der Waals surface area contributed by atoms with Crippen molar-refractivity contribution in [1.82, 2.24) is 0 Å². The van der Waals surface area contributed by atoms with Crippen molar-refractivity contribution in [1.29, 1.82) is 0 Å². The van der Waals surface area contributed by atoms with Gasteiger partial charge in [0.1, 0.15) is 5.82 Å². The van der Waals surface area contributed by atoms with Crippen LogP contribution < -0.4 is 5.32 Å². The Kier molecular flexibility index (Phi) is 3.48. The summed E-state index contributed by atoms with van der Waals surface area (Å²) >= 11 is 1.56. The molecule has 1 amide bonds. The number of nitrogens with one attached hydrogen (secondary N) is 1. The normalized spacial score (nSPS) is 10.4. The maximum absolute atomic E-state index is 13.5. The largest absolute Gasteiger partial charge is 0.319 e. The van der Waals surface area contributed by atoms with Gasteiger partial charge in [0.2, 0.25) is 0 Å². The van der Waals surface area contributed by atoms with E-state index < -0.39 is 5.82 Å². The molecule has 2 rings (SSSR count). The molecule has 18 heavy (non-hydrogen) atoms. The Morgan fingerprint density at radius 2 is 1.94 bits per heavy atom. The minimum absolute atomic E-state index is 0.225. The summed E-state index contributed by atoms with van der Waals surface area (Å²) in [5, 5.41) is 2.61. The summed E-state index contributed by atoms with van der Waals surface area (Å²) in [6.07, 6.45) is 0. The van der Waals surface area contributed by atoms with Crippen molar-refractivity contribution in [3.05, 3.63) is 51.0 Å². The third-order valence-electron chi connectivity index (χ3n) is 2.66. The summed E-state index contributed by atoms with van der Waals surface area (Å²) in [7, 11) is 0. The van der Waals surface area contributed by atoms with E-state index in [0.717, 1.165) is 15.3 Å². The van der Waals surface area contributed by atoms with E-state index in [4.69, 9.17) is 0 Å². The molecule has 4 heteroatoms. The molecule has 2 nitrogen and oxygen atoms in total.